The van der Waals surface area contributed by atoms with Gasteiger partial charge < -0.3 is 5.32 Å². The number of allylic oxidation sites excluding steroid dienone is 5. The van der Waals surface area contributed by atoms with Crippen LogP contribution in [0.4, 0.5) is 0 Å². The first-order valence-electron chi connectivity index (χ1n) is 17.6. The Morgan fingerprint density at radius 1 is 0.615 bits per heavy atom. The summed E-state index contributed by atoms with van der Waals surface area (Å²) in [5, 5.41) is 3.54. The largest absolute Gasteiger partial charge is 0.343 e. The van der Waals surface area contributed by atoms with Crippen molar-refractivity contribution in [2.75, 3.05) is 0 Å². The van der Waals surface area contributed by atoms with Gasteiger partial charge in [-0.2, -0.15) is 0 Å². The number of hydrogen-bond donors (Lipinski definition) is 1. The van der Waals surface area contributed by atoms with E-state index in [0.29, 0.717) is 23.2 Å². The van der Waals surface area contributed by atoms with Crippen LogP contribution in [0.1, 0.15) is 29.7 Å². The van der Waals surface area contributed by atoms with Crippen molar-refractivity contribution in [3.63, 3.8) is 0 Å². The number of benzene rings is 4. The van der Waals surface area contributed by atoms with Gasteiger partial charge in [0.2, 0.25) is 0 Å². The molecule has 4 aliphatic rings. The fourth-order valence-corrected chi connectivity index (χ4v) is 6.68. The molecule has 0 saturated heterocycles. The monoisotopic (exact) mass is 672 g/mol. The van der Waals surface area contributed by atoms with Gasteiger partial charge in [0.15, 0.2) is 23.9 Å². The van der Waals surface area contributed by atoms with Crippen molar-refractivity contribution in [1.29, 1.82) is 0 Å². The first-order valence-corrected chi connectivity index (χ1v) is 17.6. The molecule has 4 aromatic carbocycles. The van der Waals surface area contributed by atoms with Crippen molar-refractivity contribution in [3.8, 4) is 33.8 Å². The van der Waals surface area contributed by atoms with Crippen LogP contribution in [0.5, 0.6) is 0 Å². The number of hydrogen-bond acceptors (Lipinski definition) is 6. The van der Waals surface area contributed by atoms with Gasteiger partial charge in [-0.05, 0) is 59.4 Å². The number of nitrogens with zero attached hydrogens (tertiary/aromatic N) is 6. The third-order valence-electron chi connectivity index (χ3n) is 9.38. The molecule has 1 aliphatic carbocycles. The molecule has 0 fully saturated rings. The summed E-state index contributed by atoms with van der Waals surface area (Å²) in [6, 6.07) is 39.3. The van der Waals surface area contributed by atoms with Gasteiger partial charge in [0, 0.05) is 28.8 Å². The van der Waals surface area contributed by atoms with E-state index in [1.54, 1.807) is 6.21 Å². The second kappa shape index (κ2) is 13.8. The van der Waals surface area contributed by atoms with Crippen LogP contribution in [0.15, 0.2) is 173 Å². The topological polar surface area (TPSA) is 89.0 Å². The van der Waals surface area contributed by atoms with Crippen molar-refractivity contribution < 1.29 is 0 Å². The summed E-state index contributed by atoms with van der Waals surface area (Å²) < 4.78 is 4.48. The maximum atomic E-state index is 5.16. The maximum Gasteiger partial charge on any atom is 0.332 e. The van der Waals surface area contributed by atoms with E-state index in [4.69, 9.17) is 24.9 Å². The zero-order valence-corrected chi connectivity index (χ0v) is 28.3. The average molecular weight is 673 g/mol. The molecule has 0 radical (unpaired) electrons. The van der Waals surface area contributed by atoms with E-state index in [0.717, 1.165) is 63.3 Å². The minimum atomic E-state index is -0.473. The quantitative estimate of drug-likeness (QED) is 0.170. The number of nitrogens with one attached hydrogen (secondary N) is 1. The molecule has 2 unspecified atom stereocenters. The van der Waals surface area contributed by atoms with Crippen LogP contribution in [-0.2, 0) is 0 Å². The standard InChI is InChI=1S/C45H34N7/c1-4-12-30(13-5-1)32-21-23-34(24-22-32)42-48-40(36-19-10-18-35(28-36)31-14-6-2-7-15-31)29-41(49-42)45-51-43(33-16-8-3-9-17-33)50-44(52-45)39-26-25-38(47-39)37-20-11-27-46-37/h1,3-6,8-29,38,44H,2,7H2,(H,50,51,52)/q+1. The Hall–Kier alpha value is -6.82. The molecule has 7 heteroatoms. The molecule has 2 atom stereocenters. The number of aliphatic imine (C=N–C) groups is 3. The summed E-state index contributed by atoms with van der Waals surface area (Å²) in [5.41, 5.74) is 10.7. The minimum Gasteiger partial charge on any atom is -0.343 e. The average Bonchev–Trinajstić information content (AvgIpc) is 3.96. The molecule has 4 heterocycles. The predicted octanol–water partition coefficient (Wildman–Crippen LogP) is 7.86. The molecule has 0 saturated carbocycles. The molecule has 1 aromatic heterocycles. The van der Waals surface area contributed by atoms with Gasteiger partial charge in [0.05, 0.1) is 11.4 Å². The Morgan fingerprint density at radius 2 is 1.35 bits per heavy atom. The Morgan fingerprint density at radius 3 is 2.12 bits per heavy atom. The van der Waals surface area contributed by atoms with Gasteiger partial charge >= 0.3 is 5.71 Å². The Balaban J connectivity index is 1.17. The van der Waals surface area contributed by atoms with Crippen LogP contribution in [0, 0.1) is 0 Å². The summed E-state index contributed by atoms with van der Waals surface area (Å²) in [4.78, 5) is 25.5. The van der Waals surface area contributed by atoms with E-state index >= 15 is 0 Å². The molecule has 248 valence electrons. The lowest BCUT2D eigenvalue weighted by atomic mass is 9.97. The fourth-order valence-electron chi connectivity index (χ4n) is 6.68. The highest BCUT2D eigenvalue weighted by Gasteiger charge is 2.30. The molecular formula is C45H34N7+. The highest BCUT2D eigenvalue weighted by atomic mass is 15.2. The van der Waals surface area contributed by atoms with Crippen LogP contribution in [0.25, 0.3) is 39.3 Å². The smallest absolute Gasteiger partial charge is 0.332 e. The van der Waals surface area contributed by atoms with Gasteiger partial charge in [-0.3, -0.25) is 4.99 Å². The number of aromatic nitrogens is 2. The summed E-state index contributed by atoms with van der Waals surface area (Å²) in [7, 11) is 0. The zero-order chi connectivity index (χ0) is 34.7. The van der Waals surface area contributed by atoms with Crippen molar-refractivity contribution in [2.45, 2.75) is 25.0 Å². The van der Waals surface area contributed by atoms with E-state index in [2.05, 4.69) is 107 Å². The molecule has 0 spiro atoms. The molecule has 5 aromatic rings. The molecule has 0 amide bonds. The van der Waals surface area contributed by atoms with E-state index in [-0.39, 0.29) is 6.04 Å². The van der Waals surface area contributed by atoms with E-state index in [9.17, 15) is 0 Å². The third-order valence-corrected chi connectivity index (χ3v) is 9.38. The second-order valence-corrected chi connectivity index (χ2v) is 12.9. The Kier molecular flexibility index (Phi) is 8.29. The summed E-state index contributed by atoms with van der Waals surface area (Å²) in [6.07, 6.45) is 18.2. The SMILES string of the molecule is C1=CC(C2C=CC(C3N=C(c4cc(-c5cccc(C6=CCCC=C6)c5)nc(-c5ccc(-c6ccccc6)cc5)n4)N=C(c4ccccc4)N3)=N2)=[N+]=C1. The van der Waals surface area contributed by atoms with Crippen molar-refractivity contribution in [2.24, 2.45) is 15.0 Å². The molecule has 1 N–H and O–H groups in total. The van der Waals surface area contributed by atoms with Crippen molar-refractivity contribution in [3.05, 3.63) is 175 Å². The summed E-state index contributed by atoms with van der Waals surface area (Å²) >= 11 is 0. The van der Waals surface area contributed by atoms with Gasteiger partial charge in [-0.1, -0.05) is 126 Å². The van der Waals surface area contributed by atoms with Crippen LogP contribution >= 0.6 is 0 Å². The Bertz CT molecular complexity index is 2460. The summed E-state index contributed by atoms with van der Waals surface area (Å²) in [6.45, 7) is 0. The maximum absolute atomic E-state index is 5.16. The van der Waals surface area contributed by atoms with Crippen molar-refractivity contribution >= 4 is 34.9 Å². The van der Waals surface area contributed by atoms with Gasteiger partial charge in [-0.25, -0.2) is 20.0 Å². The lowest BCUT2D eigenvalue weighted by Gasteiger charge is -2.23. The van der Waals surface area contributed by atoms with Crippen LogP contribution in [0.3, 0.4) is 0 Å². The van der Waals surface area contributed by atoms with E-state index in [1.165, 1.54) is 5.57 Å². The van der Waals surface area contributed by atoms with Crippen LogP contribution < -0.4 is 9.98 Å². The van der Waals surface area contributed by atoms with Gasteiger partial charge in [-0.15, -0.1) is 0 Å². The van der Waals surface area contributed by atoms with Crippen LogP contribution in [-0.4, -0.2) is 51.5 Å². The highest BCUT2D eigenvalue weighted by Crippen LogP contribution is 2.30. The fraction of sp³-hybridized carbons (Fsp3) is 0.0889. The Labute approximate surface area is 302 Å². The molecule has 0 bridgehead atoms. The predicted molar refractivity (Wildman–Crippen MR) is 214 cm³/mol. The summed E-state index contributed by atoms with van der Waals surface area (Å²) in [5.74, 6) is 1.81. The van der Waals surface area contributed by atoms with Crippen molar-refractivity contribution in [1.82, 2.24) is 20.0 Å². The molecule has 52 heavy (non-hydrogen) atoms. The first-order chi connectivity index (χ1) is 25.7. The lowest BCUT2D eigenvalue weighted by Crippen LogP contribution is -2.43. The lowest BCUT2D eigenvalue weighted by molar-refractivity contribution is 0.793. The highest BCUT2D eigenvalue weighted by molar-refractivity contribution is 6.17. The first kappa shape index (κ1) is 31.2. The van der Waals surface area contributed by atoms with Crippen LogP contribution in [0.2, 0.25) is 0 Å². The van der Waals surface area contributed by atoms with Gasteiger partial charge in [0.25, 0.3) is 6.21 Å². The molecular weight excluding hydrogens is 639 g/mol. The second-order valence-electron chi connectivity index (χ2n) is 12.9. The number of rotatable bonds is 8. The van der Waals surface area contributed by atoms with Gasteiger partial charge in [0.1, 0.15) is 11.5 Å². The number of amidine groups is 2. The molecule has 3 aliphatic heterocycles. The van der Waals surface area contributed by atoms with E-state index < -0.39 is 6.17 Å². The van der Waals surface area contributed by atoms with E-state index in [1.807, 2.05) is 60.7 Å². The third kappa shape index (κ3) is 6.44. The minimum absolute atomic E-state index is 0.151. The molecule has 7 nitrogen and oxygen atoms in total. The zero-order valence-electron chi connectivity index (χ0n) is 28.3. The molecule has 9 rings (SSSR count). The normalized spacial score (nSPS) is 18.7.